The van der Waals surface area contributed by atoms with Gasteiger partial charge in [-0.25, -0.2) is 9.78 Å². The number of aromatic nitrogens is 2. The summed E-state index contributed by atoms with van der Waals surface area (Å²) in [4.78, 5) is 52.1. The predicted molar refractivity (Wildman–Crippen MR) is 205 cm³/mol. The fraction of sp³-hybridized carbons (Fsp3) is 0.293. The highest BCUT2D eigenvalue weighted by atomic mass is 16.5. The Kier molecular flexibility index (Phi) is 11.3. The quantitative estimate of drug-likeness (QED) is 0.0759. The number of hydrogen-bond acceptors (Lipinski definition) is 8. The van der Waals surface area contributed by atoms with Gasteiger partial charge in [-0.05, 0) is 69.1 Å². The Hall–Kier alpha value is -5.90. The summed E-state index contributed by atoms with van der Waals surface area (Å²) in [6.45, 7) is 5.90. The van der Waals surface area contributed by atoms with Crippen LogP contribution < -0.4 is 19.7 Å². The molecule has 11 nitrogen and oxygen atoms in total. The third-order valence-electron chi connectivity index (χ3n) is 9.50. The molecule has 0 saturated carbocycles. The first kappa shape index (κ1) is 35.9. The van der Waals surface area contributed by atoms with Gasteiger partial charge >= 0.3 is 0 Å². The first-order valence-corrected chi connectivity index (χ1v) is 17.5. The Morgan fingerprint density at radius 1 is 1.00 bits per heavy atom. The van der Waals surface area contributed by atoms with Crippen LogP contribution in [0.1, 0.15) is 35.2 Å². The van der Waals surface area contributed by atoms with Gasteiger partial charge in [0, 0.05) is 49.9 Å². The Morgan fingerprint density at radius 3 is 2.52 bits per heavy atom. The van der Waals surface area contributed by atoms with E-state index in [1.54, 1.807) is 13.1 Å². The van der Waals surface area contributed by atoms with Gasteiger partial charge in [-0.2, -0.15) is 0 Å². The van der Waals surface area contributed by atoms with Crippen LogP contribution in [-0.4, -0.2) is 92.0 Å². The number of para-hydroxylation sites is 1. The summed E-state index contributed by atoms with van der Waals surface area (Å²) in [7, 11) is 5.28. The molecule has 11 heteroatoms. The van der Waals surface area contributed by atoms with E-state index in [2.05, 4.69) is 33.1 Å². The number of imidazole rings is 1. The fourth-order valence-electron chi connectivity index (χ4n) is 6.60. The Labute approximate surface area is 303 Å². The number of aryl methyl sites for hydroxylation is 1. The number of aromatic amines is 1. The standard InChI is InChI=1S/C41H44N6O5/c1-28-16-19-35(36(25-28)52-24-9-8-13-30(26-48)47-22-20-45(2)21-23-47)46(3)41(50)33-18-17-32(39(51-4)38(33)42-27-49)31-14-10-15-34-37(31)44-40(43-34)29-11-6-5-7-12-29/h5-7,10-12,14-19,25,27H,8-9,13,20-24H2,1-4H3,(H,42,49)(H,43,44). The van der Waals surface area contributed by atoms with Crippen LogP contribution in [0.25, 0.3) is 33.5 Å². The van der Waals surface area contributed by atoms with Gasteiger partial charge in [0.2, 0.25) is 6.41 Å². The highest BCUT2D eigenvalue weighted by Gasteiger charge is 2.26. The zero-order valence-electron chi connectivity index (χ0n) is 30.1. The number of piperazine rings is 1. The number of rotatable bonds is 14. The smallest absolute Gasteiger partial charge is 0.260 e. The number of fused-ring (bicyclic) bond motifs is 1. The second-order valence-electron chi connectivity index (χ2n) is 13.0. The zero-order valence-corrected chi connectivity index (χ0v) is 30.1. The number of carbonyl (C=O) groups is 2. The summed E-state index contributed by atoms with van der Waals surface area (Å²) < 4.78 is 12.1. The van der Waals surface area contributed by atoms with Gasteiger partial charge in [-0.1, -0.05) is 48.5 Å². The molecule has 2 heterocycles. The second-order valence-corrected chi connectivity index (χ2v) is 13.0. The van der Waals surface area contributed by atoms with Crippen LogP contribution in [0.15, 0.2) is 84.6 Å². The number of unbranched alkanes of at least 4 members (excludes halogenated alkanes) is 1. The van der Waals surface area contributed by atoms with E-state index in [0.717, 1.165) is 72.6 Å². The minimum atomic E-state index is -0.361. The molecule has 1 saturated heterocycles. The summed E-state index contributed by atoms with van der Waals surface area (Å²) in [5, 5.41) is 2.74. The lowest BCUT2D eigenvalue weighted by molar-refractivity contribution is -0.105. The molecule has 0 bridgehead atoms. The normalized spacial score (nSPS) is 13.0. The van der Waals surface area contributed by atoms with Gasteiger partial charge in [0.1, 0.15) is 17.5 Å². The van der Waals surface area contributed by atoms with Crippen molar-refractivity contribution >= 4 is 40.7 Å². The van der Waals surface area contributed by atoms with E-state index in [9.17, 15) is 14.4 Å². The molecular formula is C41H44N6O5. The average molecular weight is 701 g/mol. The number of methoxy groups -OCH3 is 1. The van der Waals surface area contributed by atoms with Crippen molar-refractivity contribution in [2.45, 2.75) is 26.2 Å². The summed E-state index contributed by atoms with van der Waals surface area (Å²) in [6, 6.07) is 24.9. The highest BCUT2D eigenvalue weighted by Crippen LogP contribution is 2.42. The van der Waals surface area contributed by atoms with Crippen molar-refractivity contribution in [2.75, 3.05) is 64.2 Å². The Bertz CT molecular complexity index is 2100. The van der Waals surface area contributed by atoms with Crippen molar-refractivity contribution in [1.82, 2.24) is 19.8 Å². The molecule has 1 fully saturated rings. The van der Waals surface area contributed by atoms with Crippen molar-refractivity contribution < 1.29 is 23.9 Å². The molecular weight excluding hydrogens is 656 g/mol. The Morgan fingerprint density at radius 2 is 1.79 bits per heavy atom. The van der Waals surface area contributed by atoms with Gasteiger partial charge in [0.25, 0.3) is 5.91 Å². The largest absolute Gasteiger partial charge is 0.494 e. The van der Waals surface area contributed by atoms with Gasteiger partial charge in [0.05, 0.1) is 47.4 Å². The van der Waals surface area contributed by atoms with Crippen LogP contribution >= 0.6 is 0 Å². The van der Waals surface area contributed by atoms with Gasteiger partial charge < -0.3 is 34.5 Å². The Balaban J connectivity index is 1.22. The van der Waals surface area contributed by atoms with E-state index in [-0.39, 0.29) is 17.2 Å². The summed E-state index contributed by atoms with van der Waals surface area (Å²) in [5.74, 6) is 3.42. The van der Waals surface area contributed by atoms with E-state index >= 15 is 0 Å². The van der Waals surface area contributed by atoms with Crippen molar-refractivity contribution in [1.29, 1.82) is 0 Å². The molecule has 0 atom stereocenters. The van der Waals surface area contributed by atoms with Crippen LogP contribution in [-0.2, 0) is 9.59 Å². The van der Waals surface area contributed by atoms with Crippen molar-refractivity contribution in [3.05, 3.63) is 95.7 Å². The lowest BCUT2D eigenvalue weighted by atomic mass is 9.98. The molecule has 1 aliphatic heterocycles. The molecule has 1 aromatic heterocycles. The number of nitrogens with one attached hydrogen (secondary N) is 2. The summed E-state index contributed by atoms with van der Waals surface area (Å²) in [5.41, 5.74) is 6.74. The number of carbonyl (C=O) groups excluding carboxylic acids is 3. The number of benzene rings is 4. The summed E-state index contributed by atoms with van der Waals surface area (Å²) >= 11 is 0. The van der Waals surface area contributed by atoms with Crippen LogP contribution in [0.5, 0.6) is 11.5 Å². The fourth-order valence-corrected chi connectivity index (χ4v) is 6.60. The van der Waals surface area contributed by atoms with E-state index in [4.69, 9.17) is 14.5 Å². The average Bonchev–Trinajstić information content (AvgIpc) is 3.62. The number of allylic oxidation sites excluding steroid dienone is 1. The van der Waals surface area contributed by atoms with E-state index in [1.807, 2.05) is 79.7 Å². The third-order valence-corrected chi connectivity index (χ3v) is 9.50. The molecule has 2 amide bonds. The first-order valence-electron chi connectivity index (χ1n) is 17.5. The number of ether oxygens (including phenoxy) is 2. The molecule has 0 radical (unpaired) electrons. The first-order chi connectivity index (χ1) is 25.3. The molecule has 52 heavy (non-hydrogen) atoms. The van der Waals surface area contributed by atoms with E-state index in [0.29, 0.717) is 47.9 Å². The maximum absolute atomic E-state index is 14.2. The SMILES string of the molecule is COc1c(-c2cccc3[nH]c(-c4ccccc4)nc23)ccc(C(=O)N(C)c2ccc(C)cc2OCCCCC(=C=O)N2CCN(C)CC2)c1NC=O. The molecule has 0 aliphatic carbocycles. The lowest BCUT2D eigenvalue weighted by Gasteiger charge is -2.34. The number of amides is 2. The molecule has 6 rings (SSSR count). The number of hydrogen-bond donors (Lipinski definition) is 2. The second kappa shape index (κ2) is 16.4. The van der Waals surface area contributed by atoms with Gasteiger partial charge in [-0.15, -0.1) is 0 Å². The van der Waals surface area contributed by atoms with Crippen molar-refractivity contribution in [2.24, 2.45) is 0 Å². The van der Waals surface area contributed by atoms with Crippen LogP contribution in [0.4, 0.5) is 11.4 Å². The molecule has 4 aromatic carbocycles. The molecule has 0 spiro atoms. The molecule has 0 unspecified atom stereocenters. The van der Waals surface area contributed by atoms with Crippen LogP contribution in [0.2, 0.25) is 0 Å². The molecule has 268 valence electrons. The maximum atomic E-state index is 14.2. The van der Waals surface area contributed by atoms with Crippen LogP contribution in [0.3, 0.4) is 0 Å². The number of nitrogens with zero attached hydrogens (tertiary/aromatic N) is 4. The maximum Gasteiger partial charge on any atom is 0.260 e. The molecule has 2 N–H and O–H groups in total. The van der Waals surface area contributed by atoms with Crippen LogP contribution in [0, 0.1) is 6.92 Å². The number of anilines is 2. The summed E-state index contributed by atoms with van der Waals surface area (Å²) in [6.07, 6.45) is 2.68. The number of H-pyrrole nitrogens is 1. The number of likely N-dealkylation sites (N-methyl/N-ethyl adjacent to an activating group) is 1. The van der Waals surface area contributed by atoms with Crippen molar-refractivity contribution in [3.63, 3.8) is 0 Å². The zero-order chi connectivity index (χ0) is 36.6. The topological polar surface area (TPSA) is 120 Å². The minimum Gasteiger partial charge on any atom is -0.494 e. The monoisotopic (exact) mass is 700 g/mol. The molecule has 5 aromatic rings. The predicted octanol–water partition coefficient (Wildman–Crippen LogP) is 6.57. The third kappa shape index (κ3) is 7.71. The highest BCUT2D eigenvalue weighted by molar-refractivity contribution is 6.13. The van der Waals surface area contributed by atoms with Gasteiger partial charge in [0.15, 0.2) is 5.75 Å². The minimum absolute atomic E-state index is 0.247. The van der Waals surface area contributed by atoms with E-state index in [1.165, 1.54) is 12.0 Å². The van der Waals surface area contributed by atoms with E-state index < -0.39 is 0 Å². The lowest BCUT2D eigenvalue weighted by Crippen LogP contribution is -2.44. The molecule has 1 aliphatic rings. The van der Waals surface area contributed by atoms with Crippen molar-refractivity contribution in [3.8, 4) is 34.0 Å². The van der Waals surface area contributed by atoms with Gasteiger partial charge in [-0.3, -0.25) is 9.59 Å².